The predicted octanol–water partition coefficient (Wildman–Crippen LogP) is 4.30. The number of pyridine rings is 1. The Hall–Kier alpha value is -2.20. The number of rotatable bonds is 2. The standard InChI is InChI=1S/C23H29N3O/c1-23-17-20(18-11-5-3-6-12-18)25(2)21(23)14-7-4-10-16-26(23)22(27)19-13-8-9-15-24-19/h3,5-6,8-9,11-13,15,20-21H,4,7,10,14,16-17H2,1-2H3/t20-,21-,23-/m0/s1. The number of carbonyl (C=O) groups is 1. The lowest BCUT2D eigenvalue weighted by atomic mass is 9.83. The molecule has 2 aliphatic rings. The molecule has 27 heavy (non-hydrogen) atoms. The molecule has 4 heteroatoms. The van der Waals surface area contributed by atoms with E-state index in [2.05, 4.69) is 59.1 Å². The lowest BCUT2D eigenvalue weighted by Crippen LogP contribution is -2.57. The minimum Gasteiger partial charge on any atom is -0.330 e. The zero-order chi connectivity index (χ0) is 18.9. The molecule has 1 amide bonds. The van der Waals surface area contributed by atoms with Crippen LogP contribution in [-0.4, -0.2) is 45.9 Å². The normalized spacial score (nSPS) is 29.0. The van der Waals surface area contributed by atoms with Gasteiger partial charge in [-0.2, -0.15) is 0 Å². The van der Waals surface area contributed by atoms with Gasteiger partial charge in [0.25, 0.3) is 5.91 Å². The van der Waals surface area contributed by atoms with Crippen LogP contribution in [0.1, 0.15) is 61.1 Å². The number of aromatic nitrogens is 1. The third kappa shape index (κ3) is 3.27. The van der Waals surface area contributed by atoms with Gasteiger partial charge in [0.15, 0.2) is 0 Å². The molecular formula is C23H29N3O. The number of benzene rings is 1. The summed E-state index contributed by atoms with van der Waals surface area (Å²) in [6.07, 6.45) is 7.31. The first-order valence-electron chi connectivity index (χ1n) is 10.1. The van der Waals surface area contributed by atoms with Crippen molar-refractivity contribution in [3.05, 3.63) is 66.0 Å². The number of nitrogens with zero attached hydrogens (tertiary/aromatic N) is 3. The SMILES string of the molecule is CN1[C@H]2CCCCCN(C(=O)c3ccccn3)[C@@]2(C)C[C@H]1c1ccccc1. The number of hydrogen-bond acceptors (Lipinski definition) is 3. The molecule has 1 aromatic carbocycles. The fourth-order valence-corrected chi connectivity index (χ4v) is 5.16. The highest BCUT2D eigenvalue weighted by Gasteiger charge is 2.52. The highest BCUT2D eigenvalue weighted by Crippen LogP contribution is 2.47. The van der Waals surface area contributed by atoms with Crippen molar-refractivity contribution in [2.75, 3.05) is 13.6 Å². The summed E-state index contributed by atoms with van der Waals surface area (Å²) in [4.78, 5) is 22.4. The number of carbonyl (C=O) groups excluding carboxylic acids is 1. The molecule has 0 saturated carbocycles. The molecule has 4 rings (SSSR count). The summed E-state index contributed by atoms with van der Waals surface area (Å²) in [5.41, 5.74) is 1.73. The molecule has 3 heterocycles. The molecule has 142 valence electrons. The first kappa shape index (κ1) is 18.2. The lowest BCUT2D eigenvalue weighted by molar-refractivity contribution is 0.0337. The van der Waals surface area contributed by atoms with Crippen molar-refractivity contribution in [1.82, 2.24) is 14.8 Å². The Labute approximate surface area is 162 Å². The molecule has 4 nitrogen and oxygen atoms in total. The van der Waals surface area contributed by atoms with Crippen LogP contribution in [0.5, 0.6) is 0 Å². The van der Waals surface area contributed by atoms with Gasteiger partial charge >= 0.3 is 0 Å². The number of hydrogen-bond donors (Lipinski definition) is 0. The quantitative estimate of drug-likeness (QED) is 0.798. The van der Waals surface area contributed by atoms with E-state index in [1.54, 1.807) is 6.20 Å². The average molecular weight is 364 g/mol. The van der Waals surface area contributed by atoms with E-state index in [1.165, 1.54) is 18.4 Å². The van der Waals surface area contributed by atoms with E-state index in [-0.39, 0.29) is 11.4 Å². The number of likely N-dealkylation sites (N-methyl/N-ethyl adjacent to an activating group) is 1. The van der Waals surface area contributed by atoms with Crippen molar-refractivity contribution in [3.8, 4) is 0 Å². The number of amides is 1. The summed E-state index contributed by atoms with van der Waals surface area (Å²) in [6.45, 7) is 3.11. The summed E-state index contributed by atoms with van der Waals surface area (Å²) in [6, 6.07) is 17.1. The van der Waals surface area contributed by atoms with Gasteiger partial charge in [0, 0.05) is 24.8 Å². The van der Waals surface area contributed by atoms with Gasteiger partial charge in [-0.05, 0) is 50.9 Å². The highest BCUT2D eigenvalue weighted by molar-refractivity contribution is 5.93. The van der Waals surface area contributed by atoms with Gasteiger partial charge in [0.05, 0.1) is 5.54 Å². The molecule has 0 radical (unpaired) electrons. The first-order valence-corrected chi connectivity index (χ1v) is 10.1. The van der Waals surface area contributed by atoms with E-state index in [0.717, 1.165) is 25.8 Å². The number of likely N-dealkylation sites (tertiary alicyclic amines) is 2. The molecule has 2 aromatic rings. The Bertz CT molecular complexity index is 779. The van der Waals surface area contributed by atoms with E-state index in [1.807, 2.05) is 18.2 Å². The fourth-order valence-electron chi connectivity index (χ4n) is 5.16. The second kappa shape index (κ2) is 7.43. The summed E-state index contributed by atoms with van der Waals surface area (Å²) in [5, 5.41) is 0. The van der Waals surface area contributed by atoms with Gasteiger partial charge in [0.1, 0.15) is 5.69 Å². The molecule has 2 aliphatic heterocycles. The van der Waals surface area contributed by atoms with Gasteiger partial charge in [-0.25, -0.2) is 0 Å². The van der Waals surface area contributed by atoms with Gasteiger partial charge in [-0.15, -0.1) is 0 Å². The smallest absolute Gasteiger partial charge is 0.272 e. The summed E-state index contributed by atoms with van der Waals surface area (Å²) in [5.74, 6) is 0.0760. The van der Waals surface area contributed by atoms with E-state index in [0.29, 0.717) is 17.8 Å². The van der Waals surface area contributed by atoms with Crippen molar-refractivity contribution in [3.63, 3.8) is 0 Å². The van der Waals surface area contributed by atoms with Crippen LogP contribution in [0.2, 0.25) is 0 Å². The topological polar surface area (TPSA) is 36.4 Å². The van der Waals surface area contributed by atoms with Crippen molar-refractivity contribution >= 4 is 5.91 Å². The Kier molecular flexibility index (Phi) is 5.00. The maximum atomic E-state index is 13.4. The largest absolute Gasteiger partial charge is 0.330 e. The van der Waals surface area contributed by atoms with Gasteiger partial charge in [-0.3, -0.25) is 14.7 Å². The highest BCUT2D eigenvalue weighted by atomic mass is 16.2. The van der Waals surface area contributed by atoms with Crippen LogP contribution >= 0.6 is 0 Å². The van der Waals surface area contributed by atoms with Crippen molar-refractivity contribution in [2.24, 2.45) is 0 Å². The molecule has 0 spiro atoms. The molecule has 2 saturated heterocycles. The molecule has 2 fully saturated rings. The van der Waals surface area contributed by atoms with Crippen LogP contribution in [0.4, 0.5) is 0 Å². The van der Waals surface area contributed by atoms with Crippen molar-refractivity contribution in [2.45, 2.75) is 56.7 Å². The molecule has 3 atom stereocenters. The van der Waals surface area contributed by atoms with E-state index in [9.17, 15) is 4.79 Å². The van der Waals surface area contributed by atoms with Gasteiger partial charge in [0.2, 0.25) is 0 Å². The van der Waals surface area contributed by atoms with Crippen LogP contribution in [0.25, 0.3) is 0 Å². The first-order chi connectivity index (χ1) is 13.1. The Balaban J connectivity index is 1.71. The van der Waals surface area contributed by atoms with Crippen LogP contribution in [0, 0.1) is 0 Å². The third-order valence-corrected chi connectivity index (χ3v) is 6.60. The van der Waals surface area contributed by atoms with E-state index >= 15 is 0 Å². The maximum absolute atomic E-state index is 13.4. The lowest BCUT2D eigenvalue weighted by Gasteiger charge is -2.45. The van der Waals surface area contributed by atoms with Crippen LogP contribution in [-0.2, 0) is 0 Å². The molecule has 1 aromatic heterocycles. The van der Waals surface area contributed by atoms with Crippen molar-refractivity contribution in [1.29, 1.82) is 0 Å². The number of fused-ring (bicyclic) bond motifs is 1. The zero-order valence-electron chi connectivity index (χ0n) is 16.3. The monoisotopic (exact) mass is 363 g/mol. The second-order valence-corrected chi connectivity index (χ2v) is 8.19. The second-order valence-electron chi connectivity index (χ2n) is 8.19. The zero-order valence-corrected chi connectivity index (χ0v) is 16.3. The molecule has 0 aliphatic carbocycles. The predicted molar refractivity (Wildman–Crippen MR) is 107 cm³/mol. The summed E-state index contributed by atoms with van der Waals surface area (Å²) >= 11 is 0. The third-order valence-electron chi connectivity index (χ3n) is 6.60. The fraction of sp³-hybridized carbons (Fsp3) is 0.478. The van der Waals surface area contributed by atoms with Crippen LogP contribution < -0.4 is 0 Å². The Morgan fingerprint density at radius 3 is 2.59 bits per heavy atom. The minimum atomic E-state index is -0.176. The molecule has 0 unspecified atom stereocenters. The van der Waals surface area contributed by atoms with E-state index < -0.39 is 0 Å². The maximum Gasteiger partial charge on any atom is 0.272 e. The minimum absolute atomic E-state index is 0.0760. The van der Waals surface area contributed by atoms with Crippen LogP contribution in [0.3, 0.4) is 0 Å². The Morgan fingerprint density at radius 2 is 1.85 bits per heavy atom. The van der Waals surface area contributed by atoms with Gasteiger partial charge in [-0.1, -0.05) is 49.2 Å². The van der Waals surface area contributed by atoms with Crippen molar-refractivity contribution < 1.29 is 4.79 Å². The summed E-state index contributed by atoms with van der Waals surface area (Å²) in [7, 11) is 2.23. The Morgan fingerprint density at radius 1 is 1.07 bits per heavy atom. The molecular weight excluding hydrogens is 334 g/mol. The molecule has 0 N–H and O–H groups in total. The average Bonchev–Trinajstić information content (AvgIpc) is 2.94. The van der Waals surface area contributed by atoms with E-state index in [4.69, 9.17) is 0 Å². The van der Waals surface area contributed by atoms with Gasteiger partial charge < -0.3 is 4.90 Å². The van der Waals surface area contributed by atoms with Crippen LogP contribution in [0.15, 0.2) is 54.7 Å². The molecule has 0 bridgehead atoms. The summed E-state index contributed by atoms with van der Waals surface area (Å²) < 4.78 is 0.